The van der Waals surface area contributed by atoms with Crippen molar-refractivity contribution in [3.63, 3.8) is 0 Å². The molecule has 0 bridgehead atoms. The molecule has 1 aliphatic rings. The summed E-state index contributed by atoms with van der Waals surface area (Å²) in [6.45, 7) is 2.30. The molecule has 128 valence electrons. The second kappa shape index (κ2) is 7.59. The Morgan fingerprint density at radius 2 is 1.58 bits per heavy atom. The van der Waals surface area contributed by atoms with Crippen LogP contribution in [0.2, 0.25) is 10.0 Å². The van der Waals surface area contributed by atoms with E-state index in [2.05, 4.69) is 0 Å². The number of hydrogen-bond donors (Lipinski definition) is 0. The van der Waals surface area contributed by atoms with Crippen LogP contribution in [0, 0.1) is 0 Å². The third-order valence-electron chi connectivity index (χ3n) is 3.20. The average Bonchev–Trinajstić information content (AvgIpc) is 2.52. The van der Waals surface area contributed by atoms with Crippen molar-refractivity contribution in [3.05, 3.63) is 46.4 Å². The van der Waals surface area contributed by atoms with Gasteiger partial charge in [0.05, 0.1) is 16.4 Å². The molecule has 2 aromatic rings. The van der Waals surface area contributed by atoms with Gasteiger partial charge in [-0.2, -0.15) is 0 Å². The molecular weight excluding hydrogens is 390 g/mol. The zero-order valence-electron chi connectivity index (χ0n) is 12.8. The predicted molar refractivity (Wildman–Crippen MR) is 96.7 cm³/mol. The molecule has 1 aliphatic heterocycles. The zero-order chi connectivity index (χ0) is 17.2. The van der Waals surface area contributed by atoms with E-state index in [0.717, 1.165) is 12.8 Å². The first-order chi connectivity index (χ1) is 11.5. The first kappa shape index (κ1) is 18.0. The summed E-state index contributed by atoms with van der Waals surface area (Å²) in [5.74, 6) is 0.796. The fourth-order valence-electron chi connectivity index (χ4n) is 2.03. The zero-order valence-corrected chi connectivity index (χ0v) is 16.1. The molecule has 0 unspecified atom stereocenters. The van der Waals surface area contributed by atoms with E-state index in [0.29, 0.717) is 31.3 Å². The molecule has 2 aromatic carbocycles. The van der Waals surface area contributed by atoms with Gasteiger partial charge >= 0.3 is 7.82 Å². The van der Waals surface area contributed by atoms with Crippen LogP contribution in [0.1, 0.15) is 19.8 Å². The van der Waals surface area contributed by atoms with Crippen LogP contribution in [0.25, 0.3) is 0 Å². The van der Waals surface area contributed by atoms with Crippen molar-refractivity contribution in [1.29, 1.82) is 0 Å². The Morgan fingerprint density at radius 1 is 1.04 bits per heavy atom. The third kappa shape index (κ3) is 4.22. The standard InChI is InChI=1S/C16H15Cl2O4PS/c1-2-3-8-20-23(19)21-13-6-4-11(17)9-15(13)24-16-10-12(18)5-7-14(16)22-23/h4-7,9-10H,2-3,8H2,1H3. The SMILES string of the molecule is CCCCOP1(=O)Oc2ccc(Cl)cc2Sc2cc(Cl)ccc2O1. The van der Waals surface area contributed by atoms with Crippen LogP contribution in [0.3, 0.4) is 0 Å². The number of phosphoric acid groups is 1. The van der Waals surface area contributed by atoms with Gasteiger partial charge in [-0.1, -0.05) is 48.3 Å². The van der Waals surface area contributed by atoms with Gasteiger partial charge in [-0.15, -0.1) is 0 Å². The molecule has 0 radical (unpaired) electrons. The van der Waals surface area contributed by atoms with Gasteiger partial charge in [-0.25, -0.2) is 4.57 Å². The van der Waals surface area contributed by atoms with Crippen LogP contribution in [0.15, 0.2) is 46.2 Å². The van der Waals surface area contributed by atoms with E-state index in [1.807, 2.05) is 6.92 Å². The lowest BCUT2D eigenvalue weighted by Crippen LogP contribution is -2.08. The van der Waals surface area contributed by atoms with Crippen LogP contribution in [0.4, 0.5) is 0 Å². The number of phosphoric ester groups is 1. The van der Waals surface area contributed by atoms with Gasteiger partial charge in [0.1, 0.15) is 11.5 Å². The van der Waals surface area contributed by atoms with Crippen molar-refractivity contribution in [2.75, 3.05) is 6.61 Å². The van der Waals surface area contributed by atoms with E-state index in [9.17, 15) is 4.57 Å². The highest BCUT2D eigenvalue weighted by Gasteiger charge is 2.34. The van der Waals surface area contributed by atoms with Crippen LogP contribution in [-0.2, 0) is 9.09 Å². The molecule has 0 spiro atoms. The van der Waals surface area contributed by atoms with Crippen molar-refractivity contribution in [1.82, 2.24) is 0 Å². The lowest BCUT2D eigenvalue weighted by Gasteiger charge is -2.24. The van der Waals surface area contributed by atoms with Crippen molar-refractivity contribution in [3.8, 4) is 11.5 Å². The Morgan fingerprint density at radius 3 is 2.08 bits per heavy atom. The van der Waals surface area contributed by atoms with Crippen molar-refractivity contribution >= 4 is 42.8 Å². The largest absolute Gasteiger partial charge is 0.587 e. The molecule has 0 fully saturated rings. The van der Waals surface area contributed by atoms with Gasteiger partial charge in [0.15, 0.2) is 0 Å². The number of hydrogen-bond acceptors (Lipinski definition) is 5. The third-order valence-corrected chi connectivity index (χ3v) is 6.09. The summed E-state index contributed by atoms with van der Waals surface area (Å²) in [5.41, 5.74) is 0. The molecule has 24 heavy (non-hydrogen) atoms. The summed E-state index contributed by atoms with van der Waals surface area (Å²) in [7, 11) is -3.81. The quantitative estimate of drug-likeness (QED) is 0.412. The Kier molecular flexibility index (Phi) is 5.68. The van der Waals surface area contributed by atoms with Gasteiger partial charge in [0.25, 0.3) is 0 Å². The summed E-state index contributed by atoms with van der Waals surface area (Å²) < 4.78 is 29.7. The molecule has 0 aliphatic carbocycles. The maximum absolute atomic E-state index is 13.0. The fourth-order valence-corrected chi connectivity index (χ4v) is 4.95. The maximum atomic E-state index is 13.0. The summed E-state index contributed by atoms with van der Waals surface area (Å²) in [4.78, 5) is 1.43. The van der Waals surface area contributed by atoms with Crippen LogP contribution >= 0.6 is 42.8 Å². The highest BCUT2D eigenvalue weighted by molar-refractivity contribution is 7.99. The molecule has 3 rings (SSSR count). The second-order valence-electron chi connectivity index (χ2n) is 5.10. The van der Waals surface area contributed by atoms with E-state index in [4.69, 9.17) is 36.8 Å². The number of halogens is 2. The number of rotatable bonds is 4. The van der Waals surface area contributed by atoms with Gasteiger partial charge in [-0.3, -0.25) is 4.52 Å². The number of benzene rings is 2. The molecule has 0 saturated carbocycles. The van der Waals surface area contributed by atoms with E-state index < -0.39 is 7.82 Å². The lowest BCUT2D eigenvalue weighted by molar-refractivity contribution is 0.204. The molecule has 1 heterocycles. The summed E-state index contributed by atoms with van der Waals surface area (Å²) in [6, 6.07) is 10.1. The highest BCUT2D eigenvalue weighted by atomic mass is 35.5. The number of unbranched alkanes of at least 4 members (excludes halogenated alkanes) is 1. The van der Waals surface area contributed by atoms with Crippen molar-refractivity contribution < 1.29 is 18.1 Å². The Labute approximate surface area is 155 Å². The molecule has 8 heteroatoms. The normalized spacial score (nSPS) is 15.3. The Bertz CT molecular complexity index is 742. The predicted octanol–water partition coefficient (Wildman–Crippen LogP) is 6.84. The minimum absolute atomic E-state index is 0.284. The summed E-state index contributed by atoms with van der Waals surface area (Å²) in [6.07, 6.45) is 1.67. The van der Waals surface area contributed by atoms with Crippen LogP contribution in [0.5, 0.6) is 11.5 Å². The minimum Gasteiger partial charge on any atom is -0.394 e. The highest BCUT2D eigenvalue weighted by Crippen LogP contribution is 2.56. The monoisotopic (exact) mass is 404 g/mol. The van der Waals surface area contributed by atoms with Crippen LogP contribution < -0.4 is 9.05 Å². The van der Waals surface area contributed by atoms with Gasteiger partial charge in [-0.05, 0) is 42.8 Å². The number of fused-ring (bicyclic) bond motifs is 2. The van der Waals surface area contributed by atoms with E-state index in [1.165, 1.54) is 11.8 Å². The van der Waals surface area contributed by atoms with Gasteiger partial charge in [0, 0.05) is 10.0 Å². The molecule has 0 saturated heterocycles. The average molecular weight is 405 g/mol. The summed E-state index contributed by atoms with van der Waals surface area (Å²) in [5, 5.41) is 1.10. The molecule has 4 nitrogen and oxygen atoms in total. The van der Waals surface area contributed by atoms with E-state index in [1.54, 1.807) is 36.4 Å². The van der Waals surface area contributed by atoms with Crippen LogP contribution in [-0.4, -0.2) is 6.61 Å². The maximum Gasteiger partial charge on any atom is 0.587 e. The first-order valence-electron chi connectivity index (χ1n) is 7.40. The smallest absolute Gasteiger partial charge is 0.394 e. The Balaban J connectivity index is 2.04. The molecule has 0 amide bonds. The van der Waals surface area contributed by atoms with Gasteiger partial charge < -0.3 is 9.05 Å². The molecule has 0 atom stereocenters. The van der Waals surface area contributed by atoms with Crippen molar-refractivity contribution in [2.24, 2.45) is 0 Å². The fraction of sp³-hybridized carbons (Fsp3) is 0.250. The second-order valence-corrected chi connectivity index (χ2v) is 8.58. The molecule has 0 N–H and O–H groups in total. The first-order valence-corrected chi connectivity index (χ1v) is 10.4. The topological polar surface area (TPSA) is 44.8 Å². The van der Waals surface area contributed by atoms with Crippen molar-refractivity contribution in [2.45, 2.75) is 29.6 Å². The van der Waals surface area contributed by atoms with E-state index >= 15 is 0 Å². The summed E-state index contributed by atoms with van der Waals surface area (Å²) >= 11 is 13.5. The van der Waals surface area contributed by atoms with Gasteiger partial charge in [0.2, 0.25) is 0 Å². The Hall–Kier alpha value is -0.840. The molecule has 0 aromatic heterocycles. The minimum atomic E-state index is -3.81. The van der Waals surface area contributed by atoms with E-state index in [-0.39, 0.29) is 6.61 Å². The molecular formula is C16H15Cl2O4PS. The lowest BCUT2D eigenvalue weighted by atomic mass is 10.3.